The van der Waals surface area contributed by atoms with Crippen molar-refractivity contribution >= 4 is 11.0 Å². The van der Waals surface area contributed by atoms with Gasteiger partial charge in [-0.3, -0.25) is 0 Å². The Balaban J connectivity index is 2.49. The highest BCUT2D eigenvalue weighted by atomic mass is 19.1. The maximum atomic E-state index is 13.2. The Morgan fingerprint density at radius 1 is 1.60 bits per heavy atom. The number of nitrogens with one attached hydrogen (secondary N) is 1. The minimum atomic E-state index is -1.54. The Kier molecular flexibility index (Phi) is 2.11. The fourth-order valence-corrected chi connectivity index (χ4v) is 1.41. The van der Waals surface area contributed by atoms with Gasteiger partial charge in [-0.15, -0.1) is 0 Å². The molecule has 0 amide bonds. The number of halogens is 1. The van der Waals surface area contributed by atoms with E-state index in [1.807, 2.05) is 0 Å². The molecule has 1 unspecified atom stereocenters. The van der Waals surface area contributed by atoms with Crippen LogP contribution in [0.4, 0.5) is 4.39 Å². The zero-order valence-electron chi connectivity index (χ0n) is 10.7. The summed E-state index contributed by atoms with van der Waals surface area (Å²) in [5.41, 5.74) is 0.841. The average Bonchev–Trinajstić information content (AvgIpc) is 2.69. The van der Waals surface area contributed by atoms with Gasteiger partial charge in [-0.05, 0) is 38.0 Å². The van der Waals surface area contributed by atoms with E-state index in [0.29, 0.717) is 16.5 Å². The van der Waals surface area contributed by atoms with Gasteiger partial charge in [0.05, 0.1) is 5.39 Å². The van der Waals surface area contributed by atoms with Gasteiger partial charge in [0.15, 0.2) is 5.82 Å². The molecule has 1 aromatic heterocycles. The van der Waals surface area contributed by atoms with Gasteiger partial charge in [-0.1, -0.05) is 6.07 Å². The summed E-state index contributed by atoms with van der Waals surface area (Å²) in [7, 11) is 1.70. The van der Waals surface area contributed by atoms with Crippen molar-refractivity contribution in [2.75, 3.05) is 7.05 Å². The molecule has 2 nitrogen and oxygen atoms in total. The van der Waals surface area contributed by atoms with Crippen molar-refractivity contribution in [1.29, 1.82) is 0 Å². The number of benzene rings is 1. The molecule has 3 heteroatoms. The summed E-state index contributed by atoms with van der Waals surface area (Å²) in [5.74, 6) is -0.422. The molecule has 0 radical (unpaired) electrons. The molecule has 0 aliphatic carbocycles. The fourth-order valence-electron chi connectivity index (χ4n) is 1.41. The summed E-state index contributed by atoms with van der Waals surface area (Å²) in [5, 5.41) is 3.25. The summed E-state index contributed by atoms with van der Waals surface area (Å²) in [6, 6.07) is 4.34. The van der Waals surface area contributed by atoms with Crippen molar-refractivity contribution in [1.82, 2.24) is 5.32 Å². The van der Waals surface area contributed by atoms with Crippen LogP contribution in [0.3, 0.4) is 0 Å². The third kappa shape index (κ3) is 2.02. The molecule has 0 saturated carbocycles. The van der Waals surface area contributed by atoms with Crippen LogP contribution in [-0.4, -0.2) is 13.1 Å². The van der Waals surface area contributed by atoms with Gasteiger partial charge in [0, 0.05) is 8.78 Å². The minimum Gasteiger partial charge on any atom is -0.461 e. The van der Waals surface area contributed by atoms with Crippen molar-refractivity contribution in [2.24, 2.45) is 0 Å². The zero-order chi connectivity index (χ0) is 12.6. The SMILES string of the molecule is [2H]C([2H])(c1ccc2c(F)coc2c1)C(C)NC. The van der Waals surface area contributed by atoms with Crippen LogP contribution in [-0.2, 0) is 6.37 Å². The molecule has 1 heterocycles. The van der Waals surface area contributed by atoms with Crippen molar-refractivity contribution in [2.45, 2.75) is 19.3 Å². The molecule has 0 saturated heterocycles. The second-order valence-electron chi connectivity index (χ2n) is 3.45. The largest absolute Gasteiger partial charge is 0.461 e. The van der Waals surface area contributed by atoms with E-state index >= 15 is 0 Å². The molecule has 0 bridgehead atoms. The Labute approximate surface area is 90.9 Å². The molecule has 15 heavy (non-hydrogen) atoms. The Hall–Kier alpha value is -1.35. The quantitative estimate of drug-likeness (QED) is 0.840. The molecule has 80 valence electrons. The van der Waals surface area contributed by atoms with Gasteiger partial charge in [-0.2, -0.15) is 0 Å². The van der Waals surface area contributed by atoms with Gasteiger partial charge in [0.25, 0.3) is 0 Å². The van der Waals surface area contributed by atoms with Crippen LogP contribution in [0.1, 0.15) is 15.2 Å². The molecule has 2 aromatic rings. The molecule has 0 fully saturated rings. The lowest BCUT2D eigenvalue weighted by Gasteiger charge is -2.09. The lowest BCUT2D eigenvalue weighted by molar-refractivity contribution is 0.557. The summed E-state index contributed by atoms with van der Waals surface area (Å²) in [4.78, 5) is 0. The zero-order valence-corrected chi connectivity index (χ0v) is 8.67. The topological polar surface area (TPSA) is 25.2 Å². The Morgan fingerprint density at radius 3 is 3.13 bits per heavy atom. The second kappa shape index (κ2) is 4.03. The van der Waals surface area contributed by atoms with Gasteiger partial charge >= 0.3 is 0 Å². The first-order valence-corrected chi connectivity index (χ1v) is 4.81. The average molecular weight is 209 g/mol. The Morgan fingerprint density at radius 2 is 2.40 bits per heavy atom. The van der Waals surface area contributed by atoms with E-state index in [2.05, 4.69) is 5.32 Å². The fraction of sp³-hybridized carbons (Fsp3) is 0.333. The van der Waals surface area contributed by atoms with Crippen LogP contribution in [0, 0.1) is 5.82 Å². The summed E-state index contributed by atoms with van der Waals surface area (Å²) in [6.07, 6.45) is -0.502. The van der Waals surface area contributed by atoms with Crippen molar-refractivity contribution in [3.63, 3.8) is 0 Å². The van der Waals surface area contributed by atoms with Crippen molar-refractivity contribution in [3.8, 4) is 0 Å². The van der Waals surface area contributed by atoms with Crippen molar-refractivity contribution in [3.05, 3.63) is 35.8 Å². The van der Waals surface area contributed by atoms with E-state index in [0.717, 1.165) is 6.26 Å². The third-order valence-corrected chi connectivity index (χ3v) is 2.34. The number of fused-ring (bicyclic) bond motifs is 1. The number of hydrogen-bond acceptors (Lipinski definition) is 2. The maximum Gasteiger partial charge on any atom is 0.169 e. The number of hydrogen-bond donors (Lipinski definition) is 1. The third-order valence-electron chi connectivity index (χ3n) is 2.34. The Bertz CT molecular complexity index is 538. The standard InChI is InChI=1S/C12H14FNO/c1-8(14-2)5-9-3-4-10-11(13)7-15-12(10)6-9/h3-4,6-8,14H,5H2,1-2H3/i5D2. The van der Waals surface area contributed by atoms with Crippen LogP contribution >= 0.6 is 0 Å². The highest BCUT2D eigenvalue weighted by Gasteiger charge is 2.07. The first-order chi connectivity index (χ1) is 7.96. The number of furan rings is 1. The monoisotopic (exact) mass is 209 g/mol. The van der Waals surface area contributed by atoms with E-state index in [1.165, 1.54) is 0 Å². The highest BCUT2D eigenvalue weighted by molar-refractivity contribution is 5.78. The van der Waals surface area contributed by atoms with Gasteiger partial charge in [0.1, 0.15) is 11.8 Å². The molecular weight excluding hydrogens is 193 g/mol. The van der Waals surface area contributed by atoms with Crippen molar-refractivity contribution < 1.29 is 11.5 Å². The second-order valence-corrected chi connectivity index (χ2v) is 3.45. The summed E-state index contributed by atoms with van der Waals surface area (Å²) >= 11 is 0. The summed E-state index contributed by atoms with van der Waals surface area (Å²) < 4.78 is 34.3. The lowest BCUT2D eigenvalue weighted by atomic mass is 10.1. The smallest absolute Gasteiger partial charge is 0.169 e. The molecule has 0 spiro atoms. The van der Waals surface area contributed by atoms with E-state index in [9.17, 15) is 4.39 Å². The van der Waals surface area contributed by atoms with Gasteiger partial charge in [-0.25, -0.2) is 4.39 Å². The van der Waals surface area contributed by atoms with Crippen LogP contribution < -0.4 is 5.32 Å². The van der Waals surface area contributed by atoms with Gasteiger partial charge in [0.2, 0.25) is 0 Å². The number of likely N-dealkylation sites (N-methyl/N-ethyl adjacent to an activating group) is 1. The first kappa shape index (κ1) is 7.88. The molecule has 2 rings (SSSR count). The van der Waals surface area contributed by atoms with Gasteiger partial charge < -0.3 is 9.73 Å². The van der Waals surface area contributed by atoms with E-state index in [4.69, 9.17) is 7.16 Å². The van der Waals surface area contributed by atoms with Crippen LogP contribution in [0.15, 0.2) is 28.9 Å². The van der Waals surface area contributed by atoms with Crippen LogP contribution in [0.25, 0.3) is 11.0 Å². The number of rotatable bonds is 3. The highest BCUT2D eigenvalue weighted by Crippen LogP contribution is 2.21. The van der Waals surface area contributed by atoms with Crippen LogP contribution in [0.2, 0.25) is 0 Å². The maximum absolute atomic E-state index is 13.2. The molecule has 1 aromatic carbocycles. The minimum absolute atomic E-state index is 0.347. The van der Waals surface area contributed by atoms with E-state index in [-0.39, 0.29) is 6.04 Å². The van der Waals surface area contributed by atoms with E-state index < -0.39 is 12.2 Å². The summed E-state index contributed by atoms with van der Waals surface area (Å²) in [6.45, 7) is 1.76. The molecular formula is C12H14FNO. The molecule has 0 aliphatic heterocycles. The predicted molar refractivity (Wildman–Crippen MR) is 58.4 cm³/mol. The molecule has 1 N–H and O–H groups in total. The normalized spacial score (nSPS) is 16.2. The molecule has 1 atom stereocenters. The first-order valence-electron chi connectivity index (χ1n) is 5.81. The van der Waals surface area contributed by atoms with E-state index in [1.54, 1.807) is 32.2 Å². The molecule has 0 aliphatic rings. The van der Waals surface area contributed by atoms with Crippen LogP contribution in [0.5, 0.6) is 0 Å². The predicted octanol–water partition coefficient (Wildman–Crippen LogP) is 2.72. The lowest BCUT2D eigenvalue weighted by Crippen LogP contribution is -2.23.